The van der Waals surface area contributed by atoms with Crippen LogP contribution in [0.4, 0.5) is 0 Å². The van der Waals surface area contributed by atoms with Gasteiger partial charge in [-0.05, 0) is 15.9 Å². The highest BCUT2D eigenvalue weighted by atomic mass is 79.9. The minimum atomic E-state index is 0.511. The average molecular weight is 249 g/mol. The number of fused-ring (bicyclic) bond motifs is 1. The first-order valence-electron chi connectivity index (χ1n) is 3.36. The molecular formula is C7H5BrO3S. The summed E-state index contributed by atoms with van der Waals surface area (Å²) in [4.78, 5) is 11.1. The summed E-state index contributed by atoms with van der Waals surface area (Å²) in [6.07, 6.45) is 0.781. The number of carbonyl (C=O) groups is 1. The molecule has 64 valence electrons. The van der Waals surface area contributed by atoms with Gasteiger partial charge in [-0.1, -0.05) is 0 Å². The third-order valence-electron chi connectivity index (χ3n) is 1.49. The number of rotatable bonds is 1. The van der Waals surface area contributed by atoms with Crippen molar-refractivity contribution in [1.82, 2.24) is 0 Å². The predicted molar refractivity (Wildman–Crippen MR) is 48.4 cm³/mol. The normalized spacial score (nSPS) is 14.4. The Morgan fingerprint density at radius 1 is 1.33 bits per heavy atom. The van der Waals surface area contributed by atoms with E-state index >= 15 is 0 Å². The zero-order valence-electron chi connectivity index (χ0n) is 6.00. The molecule has 2 rings (SSSR count). The summed E-state index contributed by atoms with van der Waals surface area (Å²) in [6.45, 7) is 1.05. The Labute approximate surface area is 81.4 Å². The summed E-state index contributed by atoms with van der Waals surface area (Å²) < 4.78 is 11.4. The van der Waals surface area contributed by atoms with Gasteiger partial charge in [0.2, 0.25) is 0 Å². The van der Waals surface area contributed by atoms with Crippen molar-refractivity contribution in [3.63, 3.8) is 0 Å². The molecule has 0 amide bonds. The molecule has 0 aliphatic carbocycles. The Balaban J connectivity index is 2.53. The zero-order chi connectivity index (χ0) is 8.55. The van der Waals surface area contributed by atoms with Crippen molar-refractivity contribution >= 4 is 33.6 Å². The van der Waals surface area contributed by atoms with Crippen LogP contribution < -0.4 is 9.47 Å². The lowest BCUT2D eigenvalue weighted by molar-refractivity contribution is 0.111. The van der Waals surface area contributed by atoms with Crippen molar-refractivity contribution in [2.75, 3.05) is 13.2 Å². The molecule has 1 aromatic heterocycles. The summed E-state index contributed by atoms with van der Waals surface area (Å²) in [5, 5.41) is 0. The predicted octanol–water partition coefficient (Wildman–Crippen LogP) is 2.09. The molecule has 2 heterocycles. The van der Waals surface area contributed by atoms with Crippen LogP contribution in [-0.4, -0.2) is 19.5 Å². The zero-order valence-corrected chi connectivity index (χ0v) is 8.41. The van der Waals surface area contributed by atoms with Gasteiger partial charge in [0.15, 0.2) is 17.8 Å². The lowest BCUT2D eigenvalue weighted by atomic mass is 10.4. The first-order chi connectivity index (χ1) is 5.83. The third-order valence-corrected chi connectivity index (χ3v) is 3.20. The lowest BCUT2D eigenvalue weighted by Gasteiger charge is -2.15. The van der Waals surface area contributed by atoms with Crippen LogP contribution in [0.1, 0.15) is 9.67 Å². The maximum absolute atomic E-state index is 10.5. The molecule has 0 aromatic carbocycles. The molecule has 0 saturated heterocycles. The van der Waals surface area contributed by atoms with E-state index in [1.807, 2.05) is 0 Å². The second kappa shape index (κ2) is 3.06. The molecule has 0 N–H and O–H groups in total. The Bertz CT molecular complexity index is 321. The minimum absolute atomic E-state index is 0.511. The molecule has 1 aliphatic rings. The van der Waals surface area contributed by atoms with Crippen LogP contribution in [-0.2, 0) is 0 Å². The number of halogens is 1. The topological polar surface area (TPSA) is 35.5 Å². The number of aldehydes is 1. The summed E-state index contributed by atoms with van der Waals surface area (Å²) in [5.41, 5.74) is 0. The molecular weight excluding hydrogens is 244 g/mol. The van der Waals surface area contributed by atoms with E-state index in [-0.39, 0.29) is 0 Å². The van der Waals surface area contributed by atoms with Gasteiger partial charge < -0.3 is 9.47 Å². The Morgan fingerprint density at radius 2 is 2.00 bits per heavy atom. The van der Waals surface area contributed by atoms with Crippen molar-refractivity contribution in [3.05, 3.63) is 8.66 Å². The molecule has 0 radical (unpaired) electrons. The molecule has 1 aliphatic heterocycles. The van der Waals surface area contributed by atoms with E-state index in [4.69, 9.17) is 9.47 Å². The van der Waals surface area contributed by atoms with Crippen LogP contribution in [0, 0.1) is 0 Å². The fourth-order valence-electron chi connectivity index (χ4n) is 1.01. The minimum Gasteiger partial charge on any atom is -0.484 e. The van der Waals surface area contributed by atoms with E-state index in [2.05, 4.69) is 15.9 Å². The first-order valence-corrected chi connectivity index (χ1v) is 4.97. The third kappa shape index (κ3) is 1.13. The van der Waals surface area contributed by atoms with Gasteiger partial charge in [-0.25, -0.2) is 0 Å². The van der Waals surface area contributed by atoms with Crippen LogP contribution in [0.3, 0.4) is 0 Å². The van der Waals surface area contributed by atoms with Crippen molar-refractivity contribution in [2.45, 2.75) is 0 Å². The van der Waals surface area contributed by atoms with Crippen LogP contribution in [0.15, 0.2) is 3.79 Å². The Hall–Kier alpha value is -0.550. The number of carbonyl (C=O) groups excluding carboxylic acids is 1. The second-order valence-corrected chi connectivity index (χ2v) is 4.58. The largest absolute Gasteiger partial charge is 0.484 e. The van der Waals surface area contributed by atoms with Crippen molar-refractivity contribution in [2.24, 2.45) is 0 Å². The number of hydrogen-bond donors (Lipinski definition) is 0. The summed E-state index contributed by atoms with van der Waals surface area (Å²) >= 11 is 4.63. The van der Waals surface area contributed by atoms with Gasteiger partial charge in [-0.15, -0.1) is 11.3 Å². The standard InChI is InChI=1S/C7H5BrO3S/c8-7-6-5(4(3-9)12-7)10-1-2-11-6/h3H,1-2H2. The smallest absolute Gasteiger partial charge is 0.187 e. The highest BCUT2D eigenvalue weighted by Crippen LogP contribution is 2.46. The molecule has 3 nitrogen and oxygen atoms in total. The van der Waals surface area contributed by atoms with E-state index < -0.39 is 0 Å². The van der Waals surface area contributed by atoms with Gasteiger partial charge in [0.05, 0.1) is 0 Å². The Kier molecular flexibility index (Phi) is 2.06. The first kappa shape index (κ1) is 8.07. The van der Waals surface area contributed by atoms with Gasteiger partial charge in [0.1, 0.15) is 21.9 Å². The molecule has 1 aromatic rings. The second-order valence-electron chi connectivity index (χ2n) is 2.21. The maximum atomic E-state index is 10.5. The molecule has 0 bridgehead atoms. The number of thiophene rings is 1. The van der Waals surface area contributed by atoms with Gasteiger partial charge in [0.25, 0.3) is 0 Å². The quantitative estimate of drug-likeness (QED) is 0.715. The summed E-state index contributed by atoms with van der Waals surface area (Å²) in [5.74, 6) is 1.24. The summed E-state index contributed by atoms with van der Waals surface area (Å²) in [6, 6.07) is 0. The van der Waals surface area contributed by atoms with E-state index in [9.17, 15) is 4.79 Å². The number of ether oxygens (including phenoxy) is 2. The molecule has 0 spiro atoms. The molecule has 0 fully saturated rings. The van der Waals surface area contributed by atoms with Crippen LogP contribution in [0.5, 0.6) is 11.5 Å². The highest BCUT2D eigenvalue weighted by Gasteiger charge is 2.22. The van der Waals surface area contributed by atoms with Crippen molar-refractivity contribution in [1.29, 1.82) is 0 Å². The monoisotopic (exact) mass is 248 g/mol. The van der Waals surface area contributed by atoms with E-state index in [1.54, 1.807) is 0 Å². The fourth-order valence-corrected chi connectivity index (χ4v) is 2.56. The molecule has 0 unspecified atom stereocenters. The lowest BCUT2D eigenvalue weighted by Crippen LogP contribution is -2.14. The molecule has 5 heteroatoms. The van der Waals surface area contributed by atoms with E-state index in [1.165, 1.54) is 11.3 Å². The summed E-state index contributed by atoms with van der Waals surface area (Å²) in [7, 11) is 0. The SMILES string of the molecule is O=Cc1sc(Br)c2c1OCCO2. The number of hydrogen-bond acceptors (Lipinski definition) is 4. The van der Waals surface area contributed by atoms with Crippen LogP contribution in [0.2, 0.25) is 0 Å². The van der Waals surface area contributed by atoms with E-state index in [0.29, 0.717) is 29.6 Å². The van der Waals surface area contributed by atoms with Crippen LogP contribution >= 0.6 is 27.3 Å². The molecule has 0 saturated carbocycles. The van der Waals surface area contributed by atoms with Gasteiger partial charge in [-0.2, -0.15) is 0 Å². The molecule has 12 heavy (non-hydrogen) atoms. The maximum Gasteiger partial charge on any atom is 0.187 e. The average Bonchev–Trinajstić information content (AvgIpc) is 2.44. The Morgan fingerprint density at radius 3 is 2.67 bits per heavy atom. The van der Waals surface area contributed by atoms with Gasteiger partial charge in [0, 0.05) is 0 Å². The highest BCUT2D eigenvalue weighted by molar-refractivity contribution is 9.11. The van der Waals surface area contributed by atoms with Crippen molar-refractivity contribution in [3.8, 4) is 11.5 Å². The van der Waals surface area contributed by atoms with Gasteiger partial charge >= 0.3 is 0 Å². The molecule has 0 atom stereocenters. The van der Waals surface area contributed by atoms with E-state index in [0.717, 1.165) is 10.1 Å². The van der Waals surface area contributed by atoms with Gasteiger partial charge in [-0.3, -0.25) is 4.79 Å². The van der Waals surface area contributed by atoms with Crippen molar-refractivity contribution < 1.29 is 14.3 Å². The van der Waals surface area contributed by atoms with Crippen LogP contribution in [0.25, 0.3) is 0 Å². The fraction of sp³-hybridized carbons (Fsp3) is 0.286.